The predicted octanol–water partition coefficient (Wildman–Crippen LogP) is 1.36. The monoisotopic (exact) mass is 263 g/mol. The maximum Gasteiger partial charge on any atom is 0.239 e. The molecule has 0 spiro atoms. The summed E-state index contributed by atoms with van der Waals surface area (Å²) in [6, 6.07) is 10.5. The molecule has 0 aromatic heterocycles. The van der Waals surface area contributed by atoms with Crippen LogP contribution in [-0.2, 0) is 11.3 Å². The zero-order valence-corrected chi connectivity index (χ0v) is 12.3. The van der Waals surface area contributed by atoms with Crippen LogP contribution in [0.1, 0.15) is 26.3 Å². The first-order valence-corrected chi connectivity index (χ1v) is 6.62. The van der Waals surface area contributed by atoms with Crippen molar-refractivity contribution in [3.05, 3.63) is 35.9 Å². The number of carbonyl (C=O) groups excluding carboxylic acids is 1. The molecule has 0 bridgehead atoms. The van der Waals surface area contributed by atoms with Crippen LogP contribution in [0.4, 0.5) is 0 Å². The van der Waals surface area contributed by atoms with Gasteiger partial charge in [-0.15, -0.1) is 0 Å². The van der Waals surface area contributed by atoms with Gasteiger partial charge in [0.05, 0.1) is 5.54 Å². The first-order chi connectivity index (χ1) is 8.80. The molecule has 0 aliphatic heterocycles. The quantitative estimate of drug-likeness (QED) is 0.815. The van der Waals surface area contributed by atoms with E-state index in [-0.39, 0.29) is 11.9 Å². The molecule has 0 saturated carbocycles. The van der Waals surface area contributed by atoms with Crippen LogP contribution in [0, 0.1) is 0 Å². The van der Waals surface area contributed by atoms with E-state index >= 15 is 0 Å². The van der Waals surface area contributed by atoms with Crippen LogP contribution in [-0.4, -0.2) is 36.0 Å². The van der Waals surface area contributed by atoms with Crippen molar-refractivity contribution in [3.63, 3.8) is 0 Å². The van der Waals surface area contributed by atoms with Gasteiger partial charge in [-0.05, 0) is 33.4 Å². The number of hydrogen-bond donors (Lipinski definition) is 2. The lowest BCUT2D eigenvalue weighted by atomic mass is 10.1. The summed E-state index contributed by atoms with van der Waals surface area (Å²) >= 11 is 0. The minimum Gasteiger partial charge on any atom is -0.353 e. The molecule has 1 aromatic carbocycles. The van der Waals surface area contributed by atoms with Gasteiger partial charge in [0.1, 0.15) is 0 Å². The molecule has 3 N–H and O–H groups in total. The lowest BCUT2D eigenvalue weighted by Gasteiger charge is -2.26. The fraction of sp³-hybridized carbons (Fsp3) is 0.533. The molecule has 19 heavy (non-hydrogen) atoms. The molecule has 0 radical (unpaired) electrons. The Morgan fingerprint density at radius 1 is 1.37 bits per heavy atom. The van der Waals surface area contributed by atoms with Gasteiger partial charge in [-0.2, -0.15) is 0 Å². The number of amides is 1. The van der Waals surface area contributed by atoms with Gasteiger partial charge in [0.15, 0.2) is 0 Å². The van der Waals surface area contributed by atoms with Crippen LogP contribution < -0.4 is 11.1 Å². The van der Waals surface area contributed by atoms with Crippen LogP contribution >= 0.6 is 0 Å². The molecule has 0 saturated heterocycles. The molecule has 1 atom stereocenters. The summed E-state index contributed by atoms with van der Waals surface area (Å²) in [5, 5.41) is 2.88. The number of carbonyl (C=O) groups is 1. The molecule has 0 aliphatic rings. The Morgan fingerprint density at radius 3 is 2.47 bits per heavy atom. The zero-order valence-electron chi connectivity index (χ0n) is 12.3. The minimum atomic E-state index is -0.822. The molecule has 1 aromatic rings. The van der Waals surface area contributed by atoms with Gasteiger partial charge >= 0.3 is 0 Å². The smallest absolute Gasteiger partial charge is 0.239 e. The molecular weight excluding hydrogens is 238 g/mol. The summed E-state index contributed by atoms with van der Waals surface area (Å²) in [5.41, 5.74) is 6.18. The highest BCUT2D eigenvalue weighted by Crippen LogP contribution is 2.05. The van der Waals surface area contributed by atoms with E-state index in [1.807, 2.05) is 18.2 Å². The van der Waals surface area contributed by atoms with Crippen LogP contribution in [0.15, 0.2) is 30.3 Å². The van der Waals surface area contributed by atoms with Crippen molar-refractivity contribution in [2.75, 3.05) is 13.6 Å². The van der Waals surface area contributed by atoms with E-state index in [4.69, 9.17) is 5.73 Å². The van der Waals surface area contributed by atoms with Crippen molar-refractivity contribution in [3.8, 4) is 0 Å². The number of likely N-dealkylation sites (N-methyl/N-ethyl adjacent to an activating group) is 1. The Bertz CT molecular complexity index is 398. The fourth-order valence-corrected chi connectivity index (χ4v) is 1.65. The second-order valence-electron chi connectivity index (χ2n) is 5.68. The maximum absolute atomic E-state index is 11.7. The van der Waals surface area contributed by atoms with E-state index in [9.17, 15) is 4.79 Å². The largest absolute Gasteiger partial charge is 0.353 e. The van der Waals surface area contributed by atoms with Gasteiger partial charge in [-0.1, -0.05) is 30.3 Å². The van der Waals surface area contributed by atoms with E-state index < -0.39 is 5.54 Å². The lowest BCUT2D eigenvalue weighted by molar-refractivity contribution is -0.125. The molecule has 0 heterocycles. The van der Waals surface area contributed by atoms with Crippen molar-refractivity contribution < 1.29 is 4.79 Å². The average Bonchev–Trinajstić information content (AvgIpc) is 2.35. The predicted molar refractivity (Wildman–Crippen MR) is 78.6 cm³/mol. The first-order valence-electron chi connectivity index (χ1n) is 6.62. The molecule has 0 fully saturated rings. The number of benzene rings is 1. The Kier molecular flexibility index (Phi) is 5.51. The first kappa shape index (κ1) is 15.7. The van der Waals surface area contributed by atoms with E-state index in [0.29, 0.717) is 6.54 Å². The third-order valence-corrected chi connectivity index (χ3v) is 3.17. The molecule has 4 heteroatoms. The van der Waals surface area contributed by atoms with Gasteiger partial charge in [0.25, 0.3) is 0 Å². The molecule has 1 unspecified atom stereocenters. The van der Waals surface area contributed by atoms with Crippen molar-refractivity contribution in [1.29, 1.82) is 0 Å². The highest BCUT2D eigenvalue weighted by Gasteiger charge is 2.22. The van der Waals surface area contributed by atoms with E-state index in [0.717, 1.165) is 6.54 Å². The Labute approximate surface area is 116 Å². The van der Waals surface area contributed by atoms with Crippen molar-refractivity contribution in [1.82, 2.24) is 10.2 Å². The molecule has 1 rings (SSSR count). The Balaban J connectivity index is 2.41. The second-order valence-corrected chi connectivity index (χ2v) is 5.68. The third-order valence-electron chi connectivity index (χ3n) is 3.17. The van der Waals surface area contributed by atoms with Crippen LogP contribution in [0.25, 0.3) is 0 Å². The van der Waals surface area contributed by atoms with Crippen molar-refractivity contribution in [2.24, 2.45) is 5.73 Å². The topological polar surface area (TPSA) is 58.4 Å². The summed E-state index contributed by atoms with van der Waals surface area (Å²) in [6.45, 7) is 6.97. The summed E-state index contributed by atoms with van der Waals surface area (Å²) < 4.78 is 0. The van der Waals surface area contributed by atoms with Gasteiger partial charge in [0, 0.05) is 19.1 Å². The molecule has 1 amide bonds. The van der Waals surface area contributed by atoms with Gasteiger partial charge in [-0.25, -0.2) is 0 Å². The molecule has 106 valence electrons. The van der Waals surface area contributed by atoms with Crippen LogP contribution in [0.3, 0.4) is 0 Å². The lowest BCUT2D eigenvalue weighted by Crippen LogP contribution is -2.51. The van der Waals surface area contributed by atoms with Crippen LogP contribution in [0.2, 0.25) is 0 Å². The summed E-state index contributed by atoms with van der Waals surface area (Å²) in [6.07, 6.45) is 0. The number of nitrogens with zero attached hydrogens (tertiary/aromatic N) is 1. The Morgan fingerprint density at radius 2 is 1.95 bits per heavy atom. The zero-order chi connectivity index (χ0) is 14.5. The standard InChI is InChI=1S/C15H25N3O/c1-12(10-17-14(19)15(2,3)16)18(4)11-13-8-6-5-7-9-13/h5-9,12H,10-11,16H2,1-4H3,(H,17,19). The van der Waals surface area contributed by atoms with Crippen molar-refractivity contribution >= 4 is 5.91 Å². The molecule has 0 aliphatic carbocycles. The summed E-state index contributed by atoms with van der Waals surface area (Å²) in [4.78, 5) is 13.9. The number of nitrogens with one attached hydrogen (secondary N) is 1. The second kappa shape index (κ2) is 6.68. The van der Waals surface area contributed by atoms with Gasteiger partial charge in [-0.3, -0.25) is 9.69 Å². The third kappa shape index (κ3) is 5.41. The molecule has 4 nitrogen and oxygen atoms in total. The number of nitrogens with two attached hydrogens (primary N) is 1. The van der Waals surface area contributed by atoms with Crippen molar-refractivity contribution in [2.45, 2.75) is 38.9 Å². The minimum absolute atomic E-state index is 0.118. The van der Waals surface area contributed by atoms with E-state index in [1.54, 1.807) is 13.8 Å². The Hall–Kier alpha value is -1.39. The number of rotatable bonds is 6. The summed E-state index contributed by atoms with van der Waals surface area (Å²) in [7, 11) is 2.05. The number of hydrogen-bond acceptors (Lipinski definition) is 3. The van der Waals surface area contributed by atoms with E-state index in [2.05, 4.69) is 36.3 Å². The van der Waals surface area contributed by atoms with Gasteiger partial charge in [0.2, 0.25) is 5.91 Å². The SMILES string of the molecule is CC(CNC(=O)C(C)(C)N)N(C)Cc1ccccc1. The highest BCUT2D eigenvalue weighted by atomic mass is 16.2. The van der Waals surface area contributed by atoms with Gasteiger partial charge < -0.3 is 11.1 Å². The summed E-state index contributed by atoms with van der Waals surface area (Å²) in [5.74, 6) is -0.118. The molecular formula is C15H25N3O. The fourth-order valence-electron chi connectivity index (χ4n) is 1.65. The van der Waals surface area contributed by atoms with Crippen LogP contribution in [0.5, 0.6) is 0 Å². The maximum atomic E-state index is 11.7. The highest BCUT2D eigenvalue weighted by molar-refractivity contribution is 5.85. The average molecular weight is 263 g/mol. The normalized spacial score (nSPS) is 13.4. The van der Waals surface area contributed by atoms with E-state index in [1.165, 1.54) is 5.56 Å².